The van der Waals surface area contributed by atoms with Gasteiger partial charge in [-0.25, -0.2) is 20.6 Å². The summed E-state index contributed by atoms with van der Waals surface area (Å²) in [5.74, 6) is 5.71. The van der Waals surface area contributed by atoms with Crippen LogP contribution in [0.3, 0.4) is 0 Å². The number of hydrogen-bond donors (Lipinski definition) is 4. The van der Waals surface area contributed by atoms with Gasteiger partial charge >= 0.3 is 6.09 Å². The molecular weight excluding hydrogens is 440 g/mol. The summed E-state index contributed by atoms with van der Waals surface area (Å²) >= 11 is 3.58. The number of nitrogens with zero attached hydrogens (tertiary/aromatic N) is 3. The highest BCUT2D eigenvalue weighted by Gasteiger charge is 2.29. The van der Waals surface area contributed by atoms with Gasteiger partial charge in [-0.1, -0.05) is 19.8 Å². The summed E-state index contributed by atoms with van der Waals surface area (Å²) in [4.78, 5) is 33.3. The van der Waals surface area contributed by atoms with Crippen LogP contribution in [0.5, 0.6) is 0 Å². The third kappa shape index (κ3) is 4.81. The number of carbonyl (C=O) groups is 2. The van der Waals surface area contributed by atoms with Crippen molar-refractivity contribution in [3.05, 3.63) is 16.9 Å². The van der Waals surface area contributed by atoms with Crippen LogP contribution in [0.25, 0.3) is 11.0 Å². The Morgan fingerprint density at radius 3 is 3.00 bits per heavy atom. The Balaban J connectivity index is 1.89. The van der Waals surface area contributed by atoms with Crippen LogP contribution in [0, 0.1) is 0 Å². The molecule has 9 nitrogen and oxygen atoms in total. The molecule has 0 aromatic carbocycles. The number of carboxylic acid groups (broad SMARTS) is 1. The van der Waals surface area contributed by atoms with Crippen LogP contribution >= 0.6 is 15.9 Å². The van der Waals surface area contributed by atoms with E-state index in [1.54, 1.807) is 12.4 Å². The van der Waals surface area contributed by atoms with Crippen LogP contribution in [0.4, 0.5) is 16.2 Å². The fourth-order valence-corrected chi connectivity index (χ4v) is 4.30. The largest absolute Gasteiger partial charge is 0.464 e. The molecule has 1 atom stereocenters. The first-order valence-corrected chi connectivity index (χ1v) is 10.7. The number of aromatic amines is 1. The lowest BCUT2D eigenvalue weighted by atomic mass is 10.0. The predicted molar refractivity (Wildman–Crippen MR) is 116 cm³/mol. The maximum absolute atomic E-state index is 12.4. The van der Waals surface area contributed by atoms with E-state index in [0.29, 0.717) is 30.7 Å². The Labute approximate surface area is 177 Å². The molecule has 1 aliphatic heterocycles. The molecule has 2 aromatic heterocycles. The standard InChI is InChI=1S/C19H27BrN6O3/c1-2-3-4-7-15(27)24-14-10-23-18-16(14)17(13(20)9-22-18)25-8-5-6-12(11-25)26(21)19(28)29/h9-10,12H,2-8,11,21H2,1H3,(H,22,23)(H,24,27)(H,28,29)/t12-/m1/s1. The topological polar surface area (TPSA) is 128 Å². The number of unbranched alkanes of at least 4 members (excludes halogenated alkanes) is 2. The van der Waals surface area contributed by atoms with E-state index in [0.717, 1.165) is 52.8 Å². The minimum Gasteiger partial charge on any atom is -0.464 e. The number of rotatable bonds is 7. The molecule has 0 unspecified atom stereocenters. The van der Waals surface area contributed by atoms with Gasteiger partial charge in [0, 0.05) is 31.9 Å². The van der Waals surface area contributed by atoms with Crippen molar-refractivity contribution < 1.29 is 14.7 Å². The number of anilines is 2. The highest BCUT2D eigenvalue weighted by molar-refractivity contribution is 9.10. The quantitative estimate of drug-likeness (QED) is 0.213. The lowest BCUT2D eigenvalue weighted by molar-refractivity contribution is -0.116. The molecule has 0 saturated carbocycles. The number of piperidine rings is 1. The number of halogens is 1. The zero-order valence-electron chi connectivity index (χ0n) is 16.4. The smallest absolute Gasteiger partial charge is 0.421 e. The van der Waals surface area contributed by atoms with Crippen molar-refractivity contribution in [1.29, 1.82) is 0 Å². The van der Waals surface area contributed by atoms with Crippen LogP contribution in [-0.2, 0) is 4.79 Å². The number of nitrogens with one attached hydrogen (secondary N) is 2. The van der Waals surface area contributed by atoms with E-state index in [1.165, 1.54) is 0 Å². The highest BCUT2D eigenvalue weighted by atomic mass is 79.9. The fourth-order valence-electron chi connectivity index (χ4n) is 3.75. The molecule has 158 valence electrons. The fraction of sp³-hybridized carbons (Fsp3) is 0.526. The van der Waals surface area contributed by atoms with Crippen LogP contribution < -0.4 is 16.1 Å². The summed E-state index contributed by atoms with van der Waals surface area (Å²) < 4.78 is 0.783. The van der Waals surface area contributed by atoms with Gasteiger partial charge < -0.3 is 20.3 Å². The monoisotopic (exact) mass is 466 g/mol. The Morgan fingerprint density at radius 2 is 2.28 bits per heavy atom. The van der Waals surface area contributed by atoms with Crippen molar-refractivity contribution >= 4 is 50.3 Å². The number of carbonyl (C=O) groups excluding carboxylic acids is 1. The van der Waals surface area contributed by atoms with Crippen molar-refractivity contribution in [2.24, 2.45) is 5.84 Å². The molecule has 1 fully saturated rings. The predicted octanol–water partition coefficient (Wildman–Crippen LogP) is 3.67. The number of fused-ring (bicyclic) bond motifs is 1. The van der Waals surface area contributed by atoms with E-state index in [-0.39, 0.29) is 11.9 Å². The van der Waals surface area contributed by atoms with Gasteiger partial charge in [-0.15, -0.1) is 0 Å². The molecule has 0 aliphatic carbocycles. The second-order valence-corrected chi connectivity index (χ2v) is 8.17. The number of H-pyrrole nitrogens is 1. The van der Waals surface area contributed by atoms with E-state index >= 15 is 0 Å². The third-order valence-corrected chi connectivity index (χ3v) is 5.82. The Morgan fingerprint density at radius 1 is 1.48 bits per heavy atom. The van der Waals surface area contributed by atoms with Crippen LogP contribution in [0.15, 0.2) is 16.9 Å². The van der Waals surface area contributed by atoms with Crippen molar-refractivity contribution in [3.8, 4) is 0 Å². The number of amides is 2. The Bertz CT molecular complexity index is 886. The van der Waals surface area contributed by atoms with Gasteiger partial charge in [-0.05, 0) is 35.2 Å². The first-order chi connectivity index (χ1) is 13.9. The highest BCUT2D eigenvalue weighted by Crippen LogP contribution is 2.39. The van der Waals surface area contributed by atoms with E-state index in [1.807, 2.05) is 0 Å². The molecular formula is C19H27BrN6O3. The maximum Gasteiger partial charge on any atom is 0.421 e. The average Bonchev–Trinajstić information content (AvgIpc) is 3.10. The van der Waals surface area contributed by atoms with Crippen LogP contribution in [-0.4, -0.2) is 51.2 Å². The van der Waals surface area contributed by atoms with E-state index in [2.05, 4.69) is 43.0 Å². The minimum absolute atomic E-state index is 0.0270. The summed E-state index contributed by atoms with van der Waals surface area (Å²) in [5, 5.41) is 13.9. The van der Waals surface area contributed by atoms with Crippen molar-refractivity contribution in [2.75, 3.05) is 23.3 Å². The summed E-state index contributed by atoms with van der Waals surface area (Å²) in [6, 6.07) is -0.303. The summed E-state index contributed by atoms with van der Waals surface area (Å²) in [6.07, 6.45) is 7.25. The molecule has 3 heterocycles. The van der Waals surface area contributed by atoms with Crippen molar-refractivity contribution in [2.45, 2.75) is 51.5 Å². The van der Waals surface area contributed by atoms with Gasteiger partial charge in [0.25, 0.3) is 0 Å². The minimum atomic E-state index is -1.14. The number of pyridine rings is 1. The average molecular weight is 467 g/mol. The molecule has 10 heteroatoms. The zero-order chi connectivity index (χ0) is 21.0. The van der Waals surface area contributed by atoms with Gasteiger partial charge in [-0.2, -0.15) is 0 Å². The first kappa shape index (κ1) is 21.4. The number of aromatic nitrogens is 2. The Kier molecular flexibility index (Phi) is 6.96. The molecule has 0 spiro atoms. The lowest BCUT2D eigenvalue weighted by Crippen LogP contribution is -2.53. The second-order valence-electron chi connectivity index (χ2n) is 7.32. The van der Waals surface area contributed by atoms with Crippen LogP contribution in [0.2, 0.25) is 0 Å². The molecule has 1 aliphatic rings. The van der Waals surface area contributed by atoms with Gasteiger partial charge in [0.2, 0.25) is 5.91 Å². The summed E-state index contributed by atoms with van der Waals surface area (Å²) in [7, 11) is 0. The summed E-state index contributed by atoms with van der Waals surface area (Å²) in [5.41, 5.74) is 2.22. The summed E-state index contributed by atoms with van der Waals surface area (Å²) in [6.45, 7) is 3.33. The maximum atomic E-state index is 12.4. The van der Waals surface area contributed by atoms with Crippen LogP contribution in [0.1, 0.15) is 45.4 Å². The normalized spacial score (nSPS) is 16.8. The SMILES string of the molecule is CCCCCC(=O)Nc1c[nH]c2ncc(Br)c(N3CCC[C@@H](N(N)C(=O)O)C3)c12. The van der Waals surface area contributed by atoms with E-state index < -0.39 is 6.09 Å². The zero-order valence-corrected chi connectivity index (χ0v) is 18.0. The molecule has 2 aromatic rings. The molecule has 1 saturated heterocycles. The molecule has 0 bridgehead atoms. The molecule has 2 amide bonds. The Hall–Kier alpha value is -2.33. The number of hydrogen-bond acceptors (Lipinski definition) is 5. The molecule has 0 radical (unpaired) electrons. The number of nitrogens with two attached hydrogens (primary N) is 1. The number of hydrazine groups is 1. The van der Waals surface area contributed by atoms with Gasteiger partial charge in [0.1, 0.15) is 5.65 Å². The molecule has 29 heavy (non-hydrogen) atoms. The molecule has 5 N–H and O–H groups in total. The molecule has 3 rings (SSSR count). The van der Waals surface area contributed by atoms with E-state index in [4.69, 9.17) is 5.84 Å². The third-order valence-electron chi connectivity index (χ3n) is 5.24. The van der Waals surface area contributed by atoms with Gasteiger partial charge in [0.15, 0.2) is 0 Å². The van der Waals surface area contributed by atoms with Gasteiger partial charge in [0.05, 0.1) is 27.3 Å². The second kappa shape index (κ2) is 9.45. The van der Waals surface area contributed by atoms with Crippen molar-refractivity contribution in [3.63, 3.8) is 0 Å². The lowest BCUT2D eigenvalue weighted by Gasteiger charge is -2.38. The van der Waals surface area contributed by atoms with Gasteiger partial charge in [-0.3, -0.25) is 4.79 Å². The van der Waals surface area contributed by atoms with Crippen molar-refractivity contribution in [1.82, 2.24) is 15.0 Å². The van der Waals surface area contributed by atoms with E-state index in [9.17, 15) is 14.7 Å². The first-order valence-electron chi connectivity index (χ1n) is 9.89.